The molecule has 25 heavy (non-hydrogen) atoms. The molecule has 0 aliphatic carbocycles. The van der Waals surface area contributed by atoms with E-state index < -0.39 is 12.6 Å². The molecule has 0 unspecified atom stereocenters. The highest BCUT2D eigenvalue weighted by molar-refractivity contribution is 9.10. The molecule has 1 aliphatic heterocycles. The Kier molecular flexibility index (Phi) is 7.06. The van der Waals surface area contributed by atoms with Crippen LogP contribution in [-0.4, -0.2) is 61.7 Å². The van der Waals surface area contributed by atoms with Crippen molar-refractivity contribution in [3.63, 3.8) is 0 Å². The van der Waals surface area contributed by atoms with Gasteiger partial charge in [0.15, 0.2) is 5.96 Å². The first-order chi connectivity index (χ1) is 11.8. The van der Waals surface area contributed by atoms with Crippen molar-refractivity contribution in [3.05, 3.63) is 34.1 Å². The number of rotatable bonds is 4. The lowest BCUT2D eigenvalue weighted by molar-refractivity contribution is -0.132. The number of halogens is 5. The fourth-order valence-electron chi connectivity index (χ4n) is 2.66. The third-order valence-electron chi connectivity index (χ3n) is 3.97. The highest BCUT2D eigenvalue weighted by atomic mass is 79.9. The van der Waals surface area contributed by atoms with Gasteiger partial charge in [0.2, 0.25) is 0 Å². The topological polar surface area (TPSA) is 30.9 Å². The molecule has 0 atom stereocenters. The molecule has 140 valence electrons. The van der Waals surface area contributed by atoms with Gasteiger partial charge in [0.1, 0.15) is 5.82 Å². The first-order valence-corrected chi connectivity index (χ1v) is 8.76. The zero-order valence-electron chi connectivity index (χ0n) is 13.9. The van der Waals surface area contributed by atoms with Crippen molar-refractivity contribution in [2.75, 3.05) is 39.8 Å². The largest absolute Gasteiger partial charge is 0.390 e. The minimum Gasteiger partial charge on any atom is -0.356 e. The van der Waals surface area contributed by atoms with Crippen LogP contribution in [0, 0.1) is 5.82 Å². The van der Waals surface area contributed by atoms with Crippen LogP contribution >= 0.6 is 15.9 Å². The van der Waals surface area contributed by atoms with E-state index in [1.165, 1.54) is 6.07 Å². The summed E-state index contributed by atoms with van der Waals surface area (Å²) in [5.74, 6) is 0.198. The van der Waals surface area contributed by atoms with Gasteiger partial charge in [-0.3, -0.25) is 9.89 Å². The van der Waals surface area contributed by atoms with Gasteiger partial charge >= 0.3 is 6.18 Å². The molecular weight excluding hydrogens is 404 g/mol. The molecule has 0 spiro atoms. The Morgan fingerprint density at radius 2 is 1.92 bits per heavy atom. The Bertz CT molecular complexity index is 598. The molecule has 0 radical (unpaired) electrons. The van der Waals surface area contributed by atoms with Crippen molar-refractivity contribution in [2.24, 2.45) is 4.99 Å². The average Bonchev–Trinajstić information content (AvgIpc) is 2.55. The van der Waals surface area contributed by atoms with Crippen molar-refractivity contribution < 1.29 is 17.6 Å². The van der Waals surface area contributed by atoms with Crippen molar-refractivity contribution in [2.45, 2.75) is 19.1 Å². The molecule has 1 aliphatic rings. The van der Waals surface area contributed by atoms with E-state index >= 15 is 0 Å². The lowest BCUT2D eigenvalue weighted by Gasteiger charge is -2.36. The summed E-state index contributed by atoms with van der Waals surface area (Å²) in [7, 11) is 1.56. The van der Waals surface area contributed by atoms with Crippen LogP contribution in [0.1, 0.15) is 12.0 Å². The molecule has 4 nitrogen and oxygen atoms in total. The smallest absolute Gasteiger partial charge is 0.356 e. The maximum Gasteiger partial charge on any atom is 0.390 e. The number of hydrogen-bond donors (Lipinski definition) is 1. The molecule has 1 heterocycles. The van der Waals surface area contributed by atoms with Crippen molar-refractivity contribution in [1.29, 1.82) is 0 Å². The molecular formula is C16H21BrF4N4. The molecule has 0 saturated carbocycles. The third kappa shape index (κ3) is 6.47. The molecule has 1 aromatic carbocycles. The van der Waals surface area contributed by atoms with Gasteiger partial charge in [-0.05, 0) is 33.6 Å². The number of alkyl halides is 3. The van der Waals surface area contributed by atoms with Gasteiger partial charge in [0.05, 0.1) is 10.9 Å². The Morgan fingerprint density at radius 1 is 1.24 bits per heavy atom. The van der Waals surface area contributed by atoms with E-state index in [4.69, 9.17) is 0 Å². The molecule has 0 amide bonds. The highest BCUT2D eigenvalue weighted by Crippen LogP contribution is 2.19. The van der Waals surface area contributed by atoms with Crippen LogP contribution < -0.4 is 5.32 Å². The normalized spacial score (nSPS) is 17.0. The number of guanidine groups is 1. The SMILES string of the molecule is CN=C(NCCC(F)(F)F)N1CCN(Cc2ccc(Br)c(F)c2)CC1. The molecule has 2 rings (SSSR count). The molecule has 1 saturated heterocycles. The summed E-state index contributed by atoms with van der Waals surface area (Å²) in [5, 5.41) is 2.76. The van der Waals surface area contributed by atoms with Crippen LogP contribution in [0.4, 0.5) is 17.6 Å². The Balaban J connectivity index is 1.80. The van der Waals surface area contributed by atoms with Crippen LogP contribution in [0.25, 0.3) is 0 Å². The van der Waals surface area contributed by atoms with E-state index in [1.807, 2.05) is 11.0 Å². The Morgan fingerprint density at radius 3 is 2.48 bits per heavy atom. The fraction of sp³-hybridized carbons (Fsp3) is 0.562. The van der Waals surface area contributed by atoms with Crippen LogP contribution in [-0.2, 0) is 6.54 Å². The van der Waals surface area contributed by atoms with Gasteiger partial charge in [-0.1, -0.05) is 6.07 Å². The predicted molar refractivity (Wildman–Crippen MR) is 93.0 cm³/mol. The molecule has 1 aromatic rings. The summed E-state index contributed by atoms with van der Waals surface area (Å²) in [4.78, 5) is 8.17. The van der Waals surface area contributed by atoms with Crippen LogP contribution in [0.5, 0.6) is 0 Å². The van der Waals surface area contributed by atoms with Gasteiger partial charge in [-0.15, -0.1) is 0 Å². The number of benzene rings is 1. The number of aliphatic imine (C=N–C) groups is 1. The monoisotopic (exact) mass is 424 g/mol. The third-order valence-corrected chi connectivity index (χ3v) is 4.61. The first kappa shape index (κ1) is 20.0. The lowest BCUT2D eigenvalue weighted by atomic mass is 10.2. The summed E-state index contributed by atoms with van der Waals surface area (Å²) in [6.45, 7) is 3.23. The van der Waals surface area contributed by atoms with Gasteiger partial charge in [0, 0.05) is 46.3 Å². The second-order valence-electron chi connectivity index (χ2n) is 5.85. The number of nitrogens with zero attached hydrogens (tertiary/aromatic N) is 3. The summed E-state index contributed by atoms with van der Waals surface area (Å²) < 4.78 is 50.7. The van der Waals surface area contributed by atoms with E-state index in [0.29, 0.717) is 30.1 Å². The van der Waals surface area contributed by atoms with E-state index in [0.717, 1.165) is 18.7 Å². The first-order valence-electron chi connectivity index (χ1n) is 7.97. The van der Waals surface area contributed by atoms with Crippen molar-refractivity contribution in [3.8, 4) is 0 Å². The number of piperazine rings is 1. The van der Waals surface area contributed by atoms with Crippen molar-refractivity contribution in [1.82, 2.24) is 15.1 Å². The van der Waals surface area contributed by atoms with E-state index in [9.17, 15) is 17.6 Å². The Labute approximate surface area is 153 Å². The van der Waals surface area contributed by atoms with Gasteiger partial charge in [-0.2, -0.15) is 13.2 Å². The summed E-state index contributed by atoms with van der Waals surface area (Å²) >= 11 is 3.13. The van der Waals surface area contributed by atoms with Gasteiger partial charge in [-0.25, -0.2) is 4.39 Å². The quantitative estimate of drug-likeness (QED) is 0.457. The van der Waals surface area contributed by atoms with Gasteiger partial charge < -0.3 is 10.2 Å². The average molecular weight is 425 g/mol. The summed E-state index contributed by atoms with van der Waals surface area (Å²) in [6, 6.07) is 5.07. The van der Waals surface area contributed by atoms with Crippen LogP contribution in [0.3, 0.4) is 0 Å². The summed E-state index contributed by atoms with van der Waals surface area (Å²) in [6.07, 6.45) is -5.06. The zero-order chi connectivity index (χ0) is 18.4. The number of nitrogens with one attached hydrogen (secondary N) is 1. The maximum atomic E-state index is 13.6. The maximum absolute atomic E-state index is 13.6. The molecule has 9 heteroatoms. The van der Waals surface area contributed by atoms with Crippen LogP contribution in [0.2, 0.25) is 0 Å². The lowest BCUT2D eigenvalue weighted by Crippen LogP contribution is -2.52. The zero-order valence-corrected chi connectivity index (χ0v) is 15.5. The molecule has 1 fully saturated rings. The molecule has 0 aromatic heterocycles. The van der Waals surface area contributed by atoms with E-state index in [1.54, 1.807) is 13.1 Å². The van der Waals surface area contributed by atoms with Gasteiger partial charge in [0.25, 0.3) is 0 Å². The number of hydrogen-bond acceptors (Lipinski definition) is 2. The standard InChI is InChI=1S/C16H21BrF4N4/c1-22-15(23-5-4-16(19,20)21)25-8-6-24(7-9-25)11-12-2-3-13(17)14(18)10-12/h2-3,10H,4-9,11H2,1H3,(H,22,23). The second-order valence-corrected chi connectivity index (χ2v) is 6.71. The molecule has 1 N–H and O–H groups in total. The van der Waals surface area contributed by atoms with E-state index in [2.05, 4.69) is 31.1 Å². The summed E-state index contributed by atoms with van der Waals surface area (Å²) in [5.41, 5.74) is 0.891. The second kappa shape index (κ2) is 8.84. The molecule has 0 bridgehead atoms. The van der Waals surface area contributed by atoms with Crippen molar-refractivity contribution >= 4 is 21.9 Å². The minimum atomic E-state index is -4.18. The fourth-order valence-corrected chi connectivity index (χ4v) is 2.91. The Hall–Kier alpha value is -1.35. The van der Waals surface area contributed by atoms with E-state index in [-0.39, 0.29) is 12.4 Å². The van der Waals surface area contributed by atoms with Crippen LogP contribution in [0.15, 0.2) is 27.7 Å². The minimum absolute atomic E-state index is 0.186. The predicted octanol–water partition coefficient (Wildman–Crippen LogP) is 3.23. The highest BCUT2D eigenvalue weighted by Gasteiger charge is 2.27.